The molecule has 0 saturated carbocycles. The fourth-order valence-corrected chi connectivity index (χ4v) is 1.94. The second-order valence-electron chi connectivity index (χ2n) is 4.97. The van der Waals surface area contributed by atoms with Gasteiger partial charge in [0.05, 0.1) is 5.60 Å². The van der Waals surface area contributed by atoms with Crippen molar-refractivity contribution in [3.63, 3.8) is 0 Å². The Morgan fingerprint density at radius 3 is 2.76 bits per heavy atom. The van der Waals surface area contributed by atoms with Gasteiger partial charge in [-0.2, -0.15) is 0 Å². The number of aliphatic hydroxyl groups is 1. The van der Waals surface area contributed by atoms with Crippen LogP contribution >= 0.6 is 0 Å². The molecule has 17 heavy (non-hydrogen) atoms. The molecule has 0 spiro atoms. The Morgan fingerprint density at radius 2 is 2.12 bits per heavy atom. The van der Waals surface area contributed by atoms with Crippen molar-refractivity contribution in [1.29, 1.82) is 0 Å². The zero-order chi connectivity index (χ0) is 12.5. The van der Waals surface area contributed by atoms with Crippen LogP contribution in [0.3, 0.4) is 0 Å². The topological polar surface area (TPSA) is 42.2 Å². The molecule has 0 unspecified atom stereocenters. The Kier molecular flexibility index (Phi) is 3.03. The minimum Gasteiger partial charge on any atom is -0.390 e. The third kappa shape index (κ3) is 2.56. The van der Waals surface area contributed by atoms with Crippen molar-refractivity contribution in [2.75, 3.05) is 0 Å². The lowest BCUT2D eigenvalue weighted by Crippen LogP contribution is -2.20. The largest absolute Gasteiger partial charge is 0.390 e. The number of benzene rings is 1. The highest BCUT2D eigenvalue weighted by Crippen LogP contribution is 2.20. The number of aryl methyl sites for hydroxylation is 1. The predicted octanol–water partition coefficient (Wildman–Crippen LogP) is 2.61. The minimum absolute atomic E-state index is 0.668. The molecule has 0 bridgehead atoms. The van der Waals surface area contributed by atoms with Crippen LogP contribution in [0.5, 0.6) is 0 Å². The maximum atomic E-state index is 10.9. The van der Waals surface area contributed by atoms with E-state index >= 15 is 0 Å². The summed E-state index contributed by atoms with van der Waals surface area (Å²) in [5.74, 6) is 0. The zero-order valence-corrected chi connectivity index (χ0v) is 10.2. The molecule has 0 atom stereocenters. The summed E-state index contributed by atoms with van der Waals surface area (Å²) in [5.41, 5.74) is 1.09. The van der Waals surface area contributed by atoms with Crippen molar-refractivity contribution < 1.29 is 9.90 Å². The quantitative estimate of drug-likeness (QED) is 0.822. The van der Waals surface area contributed by atoms with Crippen LogP contribution < -0.4 is 0 Å². The number of rotatable bonds is 4. The standard InChI is InChI=1S/C14H17NO2/c1-14(2,17)7-9-15-8-6-12-11(10-16)4-3-5-13(12)15/h3-6,8,10,17H,7,9H2,1-2H3. The molecule has 0 aliphatic carbocycles. The Morgan fingerprint density at radius 1 is 1.35 bits per heavy atom. The van der Waals surface area contributed by atoms with Crippen LogP contribution in [-0.2, 0) is 6.54 Å². The molecule has 1 N–H and O–H groups in total. The van der Waals surface area contributed by atoms with Gasteiger partial charge in [-0.1, -0.05) is 12.1 Å². The lowest BCUT2D eigenvalue weighted by atomic mass is 10.1. The summed E-state index contributed by atoms with van der Waals surface area (Å²) >= 11 is 0. The summed E-state index contributed by atoms with van der Waals surface area (Å²) in [7, 11) is 0. The smallest absolute Gasteiger partial charge is 0.150 e. The molecule has 0 fully saturated rings. The van der Waals surface area contributed by atoms with Crippen LogP contribution in [0.25, 0.3) is 10.9 Å². The molecule has 3 nitrogen and oxygen atoms in total. The van der Waals surface area contributed by atoms with Gasteiger partial charge in [0.15, 0.2) is 6.29 Å². The highest BCUT2D eigenvalue weighted by atomic mass is 16.3. The third-order valence-corrected chi connectivity index (χ3v) is 2.94. The fourth-order valence-electron chi connectivity index (χ4n) is 1.94. The maximum absolute atomic E-state index is 10.9. The fraction of sp³-hybridized carbons (Fsp3) is 0.357. The van der Waals surface area contributed by atoms with Crippen molar-refractivity contribution >= 4 is 17.2 Å². The number of nitrogens with zero attached hydrogens (tertiary/aromatic N) is 1. The van der Waals surface area contributed by atoms with Gasteiger partial charge < -0.3 is 9.67 Å². The van der Waals surface area contributed by atoms with E-state index in [-0.39, 0.29) is 0 Å². The molecule has 0 amide bonds. The van der Waals surface area contributed by atoms with Crippen molar-refractivity contribution in [3.05, 3.63) is 36.0 Å². The predicted molar refractivity (Wildman–Crippen MR) is 68.2 cm³/mol. The second kappa shape index (κ2) is 4.34. The normalized spacial score (nSPS) is 11.9. The molecule has 2 aromatic rings. The first-order chi connectivity index (χ1) is 8.01. The van der Waals surface area contributed by atoms with Gasteiger partial charge in [0, 0.05) is 29.2 Å². The van der Waals surface area contributed by atoms with Crippen molar-refractivity contribution in [2.45, 2.75) is 32.4 Å². The summed E-state index contributed by atoms with van der Waals surface area (Å²) in [4.78, 5) is 10.9. The second-order valence-corrected chi connectivity index (χ2v) is 4.97. The van der Waals surface area contributed by atoms with Gasteiger partial charge >= 0.3 is 0 Å². The van der Waals surface area contributed by atoms with Crippen molar-refractivity contribution in [2.24, 2.45) is 0 Å². The van der Waals surface area contributed by atoms with Crippen molar-refractivity contribution in [3.8, 4) is 0 Å². The first-order valence-electron chi connectivity index (χ1n) is 5.77. The van der Waals surface area contributed by atoms with Crippen molar-refractivity contribution in [1.82, 2.24) is 4.57 Å². The molecule has 1 aromatic heterocycles. The van der Waals surface area contributed by atoms with E-state index in [9.17, 15) is 9.90 Å². The van der Waals surface area contributed by atoms with E-state index in [1.54, 1.807) is 13.8 Å². The molecule has 0 radical (unpaired) electrons. The van der Waals surface area contributed by atoms with Crippen LogP contribution in [0.4, 0.5) is 0 Å². The lowest BCUT2D eigenvalue weighted by molar-refractivity contribution is 0.0666. The Bertz CT molecular complexity index is 535. The molecule has 0 aliphatic heterocycles. The Labute approximate surface area is 101 Å². The summed E-state index contributed by atoms with van der Waals surface area (Å²) in [6, 6.07) is 7.64. The highest BCUT2D eigenvalue weighted by Gasteiger charge is 2.13. The summed E-state index contributed by atoms with van der Waals surface area (Å²) < 4.78 is 2.07. The zero-order valence-electron chi connectivity index (χ0n) is 10.2. The molecule has 1 heterocycles. The van der Waals surface area contributed by atoms with E-state index in [2.05, 4.69) is 4.57 Å². The molecule has 1 aromatic carbocycles. The van der Waals surface area contributed by atoms with E-state index in [0.29, 0.717) is 12.0 Å². The van der Waals surface area contributed by atoms with Gasteiger partial charge in [0.2, 0.25) is 0 Å². The summed E-state index contributed by atoms with van der Waals surface area (Å²) in [6.07, 6.45) is 3.52. The molecule has 0 aliphatic rings. The number of hydrogen-bond donors (Lipinski definition) is 1. The van der Waals surface area contributed by atoms with Gasteiger partial charge in [0.1, 0.15) is 0 Å². The number of aromatic nitrogens is 1. The number of carbonyl (C=O) groups is 1. The molecule has 2 rings (SSSR count). The first kappa shape index (κ1) is 11.9. The van der Waals surface area contributed by atoms with E-state index in [0.717, 1.165) is 23.7 Å². The first-order valence-corrected chi connectivity index (χ1v) is 5.77. The summed E-state index contributed by atoms with van der Waals surface area (Å²) in [5, 5.41) is 10.7. The van der Waals surface area contributed by atoms with E-state index in [1.807, 2.05) is 30.5 Å². The van der Waals surface area contributed by atoms with E-state index in [4.69, 9.17) is 0 Å². The van der Waals surface area contributed by atoms with E-state index < -0.39 is 5.60 Å². The van der Waals surface area contributed by atoms with Gasteiger partial charge in [-0.3, -0.25) is 4.79 Å². The molecular weight excluding hydrogens is 214 g/mol. The minimum atomic E-state index is -0.668. The number of carbonyl (C=O) groups excluding carboxylic acids is 1. The third-order valence-electron chi connectivity index (χ3n) is 2.94. The van der Waals surface area contributed by atoms with Gasteiger partial charge in [0.25, 0.3) is 0 Å². The van der Waals surface area contributed by atoms with Crippen LogP contribution in [0.2, 0.25) is 0 Å². The molecular formula is C14H17NO2. The highest BCUT2D eigenvalue weighted by molar-refractivity contribution is 5.97. The molecule has 3 heteroatoms. The van der Waals surface area contributed by atoms with Gasteiger partial charge in [-0.15, -0.1) is 0 Å². The number of aldehydes is 1. The van der Waals surface area contributed by atoms with Crippen LogP contribution in [0.15, 0.2) is 30.5 Å². The number of fused-ring (bicyclic) bond motifs is 1. The lowest BCUT2D eigenvalue weighted by Gasteiger charge is -2.17. The number of hydrogen-bond acceptors (Lipinski definition) is 2. The van der Waals surface area contributed by atoms with Crippen LogP contribution in [-0.4, -0.2) is 21.6 Å². The maximum Gasteiger partial charge on any atom is 0.150 e. The monoisotopic (exact) mass is 231 g/mol. The van der Waals surface area contributed by atoms with Gasteiger partial charge in [-0.25, -0.2) is 0 Å². The Balaban J connectivity index is 2.34. The average Bonchev–Trinajstić information content (AvgIpc) is 2.68. The summed E-state index contributed by atoms with van der Waals surface area (Å²) in [6.45, 7) is 4.35. The van der Waals surface area contributed by atoms with Gasteiger partial charge in [-0.05, 0) is 32.4 Å². The molecule has 90 valence electrons. The molecule has 0 saturated heterocycles. The van der Waals surface area contributed by atoms with Crippen LogP contribution in [0.1, 0.15) is 30.6 Å². The SMILES string of the molecule is CC(C)(O)CCn1ccc2c(C=O)cccc21. The average molecular weight is 231 g/mol. The Hall–Kier alpha value is -1.61. The van der Waals surface area contributed by atoms with E-state index in [1.165, 1.54) is 0 Å². The van der Waals surface area contributed by atoms with Crippen LogP contribution in [0, 0.1) is 0 Å².